The molecule has 2 aromatic rings. The maximum atomic E-state index is 13.0. The highest BCUT2D eigenvalue weighted by atomic mass is 19.3. The van der Waals surface area contributed by atoms with Crippen molar-refractivity contribution in [3.63, 3.8) is 0 Å². The molecule has 1 aliphatic heterocycles. The van der Waals surface area contributed by atoms with Crippen LogP contribution in [0.4, 0.5) is 14.7 Å². The number of H-pyrrole nitrogens is 1. The van der Waals surface area contributed by atoms with Gasteiger partial charge in [-0.05, 0) is 6.07 Å². The van der Waals surface area contributed by atoms with Gasteiger partial charge in [-0.2, -0.15) is 0 Å². The molecule has 0 saturated carbocycles. The molecule has 0 amide bonds. The molecule has 0 spiro atoms. The number of hydrogen-bond acceptors (Lipinski definition) is 3. The Morgan fingerprint density at radius 1 is 1.44 bits per heavy atom. The molecule has 0 unspecified atom stereocenters. The lowest BCUT2D eigenvalue weighted by molar-refractivity contribution is 0.0256. The molecule has 1 saturated heterocycles. The predicted octanol–water partition coefficient (Wildman–Crippen LogP) is 1.80. The molecule has 0 aromatic carbocycles. The molecule has 1 aliphatic rings. The van der Waals surface area contributed by atoms with Gasteiger partial charge in [0.2, 0.25) is 5.95 Å². The number of halogens is 2. The van der Waals surface area contributed by atoms with Crippen LogP contribution in [0.1, 0.15) is 6.42 Å². The summed E-state index contributed by atoms with van der Waals surface area (Å²) in [6.07, 6.45) is 3.16. The first kappa shape index (κ1) is 9.50. The Bertz CT molecular complexity index is 489. The number of fused-ring (bicyclic) bond motifs is 1. The molecule has 0 bridgehead atoms. The fourth-order valence-corrected chi connectivity index (χ4v) is 1.91. The highest BCUT2D eigenvalue weighted by molar-refractivity contribution is 5.76. The Kier molecular flexibility index (Phi) is 1.86. The van der Waals surface area contributed by atoms with Gasteiger partial charge in [0.1, 0.15) is 0 Å². The van der Waals surface area contributed by atoms with Gasteiger partial charge in [-0.25, -0.2) is 13.8 Å². The van der Waals surface area contributed by atoms with Crippen molar-refractivity contribution in [3.05, 3.63) is 18.5 Å². The quantitative estimate of drug-likeness (QED) is 0.803. The first-order valence-corrected chi connectivity index (χ1v) is 5.07. The third kappa shape index (κ3) is 1.50. The third-order valence-corrected chi connectivity index (χ3v) is 2.74. The summed E-state index contributed by atoms with van der Waals surface area (Å²) in [5, 5.41) is 0. The summed E-state index contributed by atoms with van der Waals surface area (Å²) in [7, 11) is 0. The lowest BCUT2D eigenvalue weighted by Gasteiger charge is -2.13. The molecule has 16 heavy (non-hydrogen) atoms. The van der Waals surface area contributed by atoms with Gasteiger partial charge in [0, 0.05) is 19.2 Å². The predicted molar refractivity (Wildman–Crippen MR) is 55.7 cm³/mol. The van der Waals surface area contributed by atoms with E-state index in [2.05, 4.69) is 15.0 Å². The van der Waals surface area contributed by atoms with Crippen LogP contribution in [-0.2, 0) is 0 Å². The zero-order chi connectivity index (χ0) is 11.2. The number of rotatable bonds is 1. The Morgan fingerprint density at radius 3 is 3.00 bits per heavy atom. The molecule has 3 heterocycles. The van der Waals surface area contributed by atoms with Crippen molar-refractivity contribution in [1.29, 1.82) is 0 Å². The Balaban J connectivity index is 1.95. The topological polar surface area (TPSA) is 44.8 Å². The van der Waals surface area contributed by atoms with E-state index in [-0.39, 0.29) is 13.0 Å². The van der Waals surface area contributed by atoms with E-state index in [1.165, 1.54) is 0 Å². The molecule has 0 radical (unpaired) electrons. The molecule has 6 heteroatoms. The number of hydrogen-bond donors (Lipinski definition) is 1. The van der Waals surface area contributed by atoms with Crippen LogP contribution in [0, 0.1) is 0 Å². The summed E-state index contributed by atoms with van der Waals surface area (Å²) < 4.78 is 26.1. The number of imidazole rings is 1. The molecular formula is C10H10F2N4. The second kappa shape index (κ2) is 3.13. The van der Waals surface area contributed by atoms with E-state index in [0.29, 0.717) is 12.5 Å². The van der Waals surface area contributed by atoms with Gasteiger partial charge in [-0.1, -0.05) is 0 Å². The maximum Gasteiger partial charge on any atom is 0.267 e. The number of nitrogens with zero attached hydrogens (tertiary/aromatic N) is 3. The summed E-state index contributed by atoms with van der Waals surface area (Å²) in [5.74, 6) is -2.10. The van der Waals surface area contributed by atoms with Crippen LogP contribution in [0.5, 0.6) is 0 Å². The number of anilines is 1. The summed E-state index contributed by atoms with van der Waals surface area (Å²) in [6.45, 7) is 0.0699. The monoisotopic (exact) mass is 224 g/mol. The zero-order valence-electron chi connectivity index (χ0n) is 8.45. The standard InChI is InChI=1S/C10H10F2N4/c11-10(12)2-4-16(6-10)9-14-7-1-3-13-5-8(7)15-9/h1,3,5H,2,4,6H2,(H,14,15). The van der Waals surface area contributed by atoms with Crippen LogP contribution in [0.3, 0.4) is 0 Å². The number of aromatic nitrogens is 3. The van der Waals surface area contributed by atoms with Gasteiger partial charge in [0.15, 0.2) is 0 Å². The van der Waals surface area contributed by atoms with Crippen molar-refractivity contribution >= 4 is 17.0 Å². The van der Waals surface area contributed by atoms with Gasteiger partial charge >= 0.3 is 0 Å². The normalized spacial score (nSPS) is 19.5. The van der Waals surface area contributed by atoms with Crippen LogP contribution in [0.15, 0.2) is 18.5 Å². The van der Waals surface area contributed by atoms with Crippen molar-refractivity contribution in [2.45, 2.75) is 12.3 Å². The fourth-order valence-electron chi connectivity index (χ4n) is 1.91. The largest absolute Gasteiger partial charge is 0.336 e. The minimum atomic E-state index is -2.60. The maximum absolute atomic E-state index is 13.0. The Morgan fingerprint density at radius 2 is 2.31 bits per heavy atom. The van der Waals surface area contributed by atoms with E-state index in [0.717, 1.165) is 11.0 Å². The van der Waals surface area contributed by atoms with Gasteiger partial charge in [0.05, 0.1) is 23.8 Å². The van der Waals surface area contributed by atoms with Gasteiger partial charge in [0.25, 0.3) is 5.92 Å². The molecule has 84 valence electrons. The van der Waals surface area contributed by atoms with Crippen molar-refractivity contribution in [1.82, 2.24) is 15.0 Å². The number of alkyl halides is 2. The fraction of sp³-hybridized carbons (Fsp3) is 0.400. The molecular weight excluding hydrogens is 214 g/mol. The molecule has 0 aliphatic carbocycles. The SMILES string of the molecule is FC1(F)CCN(c2nc3ccncc3[nH]2)C1. The average Bonchev–Trinajstić information content (AvgIpc) is 2.80. The van der Waals surface area contributed by atoms with Gasteiger partial charge in [-0.3, -0.25) is 4.98 Å². The number of nitrogens with one attached hydrogen (secondary N) is 1. The van der Waals surface area contributed by atoms with Crippen LogP contribution in [-0.4, -0.2) is 34.0 Å². The van der Waals surface area contributed by atoms with Crippen molar-refractivity contribution in [2.24, 2.45) is 0 Å². The lowest BCUT2D eigenvalue weighted by Crippen LogP contribution is -2.25. The van der Waals surface area contributed by atoms with E-state index in [4.69, 9.17) is 0 Å². The first-order chi connectivity index (χ1) is 7.64. The molecule has 4 nitrogen and oxygen atoms in total. The van der Waals surface area contributed by atoms with E-state index < -0.39 is 5.92 Å². The Hall–Kier alpha value is -1.72. The molecule has 1 fully saturated rings. The van der Waals surface area contributed by atoms with E-state index in [9.17, 15) is 8.78 Å². The lowest BCUT2D eigenvalue weighted by atomic mass is 10.3. The molecule has 0 atom stereocenters. The molecule has 3 rings (SSSR count). The van der Waals surface area contributed by atoms with E-state index in [1.807, 2.05) is 0 Å². The third-order valence-electron chi connectivity index (χ3n) is 2.74. The highest BCUT2D eigenvalue weighted by Crippen LogP contribution is 2.30. The van der Waals surface area contributed by atoms with Crippen molar-refractivity contribution in [3.8, 4) is 0 Å². The summed E-state index contributed by atoms with van der Waals surface area (Å²) in [6, 6.07) is 1.75. The highest BCUT2D eigenvalue weighted by Gasteiger charge is 2.39. The molecule has 2 aromatic heterocycles. The van der Waals surface area contributed by atoms with Crippen molar-refractivity contribution in [2.75, 3.05) is 18.0 Å². The second-order valence-electron chi connectivity index (χ2n) is 3.98. The zero-order valence-corrected chi connectivity index (χ0v) is 8.45. The van der Waals surface area contributed by atoms with Crippen LogP contribution < -0.4 is 4.90 Å². The minimum absolute atomic E-state index is 0.109. The average molecular weight is 224 g/mol. The molecule has 1 N–H and O–H groups in total. The van der Waals surface area contributed by atoms with Gasteiger partial charge in [-0.15, -0.1) is 0 Å². The van der Waals surface area contributed by atoms with Crippen LogP contribution in [0.25, 0.3) is 11.0 Å². The Labute approximate surface area is 90.3 Å². The summed E-state index contributed by atoms with van der Waals surface area (Å²) in [5.41, 5.74) is 1.52. The smallest absolute Gasteiger partial charge is 0.267 e. The summed E-state index contributed by atoms with van der Waals surface area (Å²) in [4.78, 5) is 12.8. The number of aromatic amines is 1. The first-order valence-electron chi connectivity index (χ1n) is 5.07. The van der Waals surface area contributed by atoms with E-state index >= 15 is 0 Å². The van der Waals surface area contributed by atoms with E-state index in [1.54, 1.807) is 23.4 Å². The van der Waals surface area contributed by atoms with Crippen LogP contribution >= 0.6 is 0 Å². The second-order valence-corrected chi connectivity index (χ2v) is 3.98. The number of pyridine rings is 1. The van der Waals surface area contributed by atoms with Gasteiger partial charge < -0.3 is 9.88 Å². The minimum Gasteiger partial charge on any atom is -0.336 e. The van der Waals surface area contributed by atoms with Crippen LogP contribution in [0.2, 0.25) is 0 Å². The summed E-state index contributed by atoms with van der Waals surface area (Å²) >= 11 is 0. The van der Waals surface area contributed by atoms with Crippen molar-refractivity contribution < 1.29 is 8.78 Å².